The highest BCUT2D eigenvalue weighted by Gasteiger charge is 2.27. The van der Waals surface area contributed by atoms with Gasteiger partial charge in [-0.2, -0.15) is 0 Å². The van der Waals surface area contributed by atoms with Gasteiger partial charge in [0, 0.05) is 24.3 Å². The molecule has 1 aliphatic rings. The summed E-state index contributed by atoms with van der Waals surface area (Å²) in [6, 6.07) is 18.8. The first-order valence-electron chi connectivity index (χ1n) is 11.6. The zero-order valence-corrected chi connectivity index (χ0v) is 20.8. The van der Waals surface area contributed by atoms with Gasteiger partial charge in [-0.15, -0.1) is 11.3 Å². The highest BCUT2D eigenvalue weighted by atomic mass is 32.1. The molecular weight excluding hydrogens is 479 g/mol. The summed E-state index contributed by atoms with van der Waals surface area (Å²) in [5.41, 5.74) is 4.85. The predicted octanol–water partition coefficient (Wildman–Crippen LogP) is 6.88. The molecule has 8 heteroatoms. The smallest absolute Gasteiger partial charge is 0.229 e. The van der Waals surface area contributed by atoms with Gasteiger partial charge in [0.2, 0.25) is 5.91 Å². The van der Waals surface area contributed by atoms with E-state index < -0.39 is 0 Å². The minimum Gasteiger partial charge on any atom is -0.347 e. The van der Waals surface area contributed by atoms with Crippen LogP contribution in [0.1, 0.15) is 18.4 Å². The predicted molar refractivity (Wildman–Crippen MR) is 143 cm³/mol. The fourth-order valence-corrected chi connectivity index (χ4v) is 6.58. The van der Waals surface area contributed by atoms with Gasteiger partial charge in [0.25, 0.3) is 0 Å². The number of nitrogens with zero attached hydrogens (tertiary/aromatic N) is 3. The van der Waals surface area contributed by atoms with Gasteiger partial charge in [-0.3, -0.25) is 4.79 Å². The van der Waals surface area contributed by atoms with Crippen molar-refractivity contribution in [3.63, 3.8) is 0 Å². The number of aromatic nitrogens is 2. The molecule has 3 aromatic carbocycles. The Morgan fingerprint density at radius 2 is 1.77 bits per heavy atom. The Morgan fingerprint density at radius 1 is 1.00 bits per heavy atom. The second-order valence-electron chi connectivity index (χ2n) is 8.95. The summed E-state index contributed by atoms with van der Waals surface area (Å²) in [6.07, 6.45) is 1.75. The van der Waals surface area contributed by atoms with Gasteiger partial charge in [-0.05, 0) is 79.9 Å². The maximum atomic E-state index is 13.6. The summed E-state index contributed by atoms with van der Waals surface area (Å²) in [5, 5.41) is 4.90. The van der Waals surface area contributed by atoms with E-state index in [9.17, 15) is 9.18 Å². The molecule has 0 aliphatic carbocycles. The first-order chi connectivity index (χ1) is 17.0. The summed E-state index contributed by atoms with van der Waals surface area (Å²) in [7, 11) is 0. The van der Waals surface area contributed by atoms with Gasteiger partial charge < -0.3 is 10.2 Å². The lowest BCUT2D eigenvalue weighted by Crippen LogP contribution is -2.40. The van der Waals surface area contributed by atoms with E-state index in [4.69, 9.17) is 4.98 Å². The van der Waals surface area contributed by atoms with E-state index in [1.54, 1.807) is 17.4 Å². The zero-order valence-electron chi connectivity index (χ0n) is 19.1. The molecule has 1 fully saturated rings. The van der Waals surface area contributed by atoms with Crippen LogP contribution in [0.25, 0.3) is 31.0 Å². The molecule has 5 aromatic rings. The molecule has 1 N–H and O–H groups in total. The number of carbonyl (C=O) groups is 1. The van der Waals surface area contributed by atoms with Crippen LogP contribution < -0.4 is 10.2 Å². The largest absolute Gasteiger partial charge is 0.347 e. The SMILES string of the molecule is Cc1ccc2nc(-c3ccc(NC(=O)C4CCCN(c5nc6ccc(F)cc6s5)C4)cc3)sc2c1. The lowest BCUT2D eigenvalue weighted by Gasteiger charge is -2.31. The van der Waals surface area contributed by atoms with E-state index in [-0.39, 0.29) is 17.6 Å². The summed E-state index contributed by atoms with van der Waals surface area (Å²) in [6.45, 7) is 3.54. The van der Waals surface area contributed by atoms with Crippen LogP contribution in [-0.4, -0.2) is 29.0 Å². The van der Waals surface area contributed by atoms with Crippen LogP contribution >= 0.6 is 22.7 Å². The molecule has 0 spiro atoms. The number of halogens is 1. The molecule has 0 saturated carbocycles. The molecule has 5 nitrogen and oxygen atoms in total. The first-order valence-corrected chi connectivity index (χ1v) is 13.2. The van der Waals surface area contributed by atoms with Crippen LogP contribution in [0, 0.1) is 18.7 Å². The standard InChI is InChI=1S/C27H23FN4OS2/c1-16-4-10-21-23(13-16)34-26(30-21)17-5-8-20(9-6-17)29-25(33)18-3-2-12-32(15-18)27-31-22-11-7-19(28)14-24(22)35-27/h4-11,13-14,18H,2-3,12,15H2,1H3,(H,29,33). The number of aryl methyl sites for hydroxylation is 1. The third kappa shape index (κ3) is 4.51. The first kappa shape index (κ1) is 22.1. The number of thiazole rings is 2. The summed E-state index contributed by atoms with van der Waals surface area (Å²) in [5.74, 6) is -0.363. The second-order valence-corrected chi connectivity index (χ2v) is 11.0. The molecule has 1 saturated heterocycles. The number of carbonyl (C=O) groups excluding carboxylic acids is 1. The molecule has 6 rings (SSSR count). The Balaban J connectivity index is 1.13. The van der Waals surface area contributed by atoms with Gasteiger partial charge in [0.15, 0.2) is 5.13 Å². The van der Waals surface area contributed by atoms with Gasteiger partial charge in [0.1, 0.15) is 10.8 Å². The summed E-state index contributed by atoms with van der Waals surface area (Å²) >= 11 is 3.15. The fraction of sp³-hybridized carbons (Fsp3) is 0.222. The average Bonchev–Trinajstić information content (AvgIpc) is 3.48. The molecule has 35 heavy (non-hydrogen) atoms. The fourth-order valence-electron chi connectivity index (χ4n) is 4.48. The normalized spacial score (nSPS) is 16.2. The molecular formula is C27H23FN4OS2. The molecule has 1 unspecified atom stereocenters. The number of piperidine rings is 1. The number of nitrogens with one attached hydrogen (secondary N) is 1. The Hall–Kier alpha value is -3.36. The topological polar surface area (TPSA) is 58.1 Å². The number of fused-ring (bicyclic) bond motifs is 2. The third-order valence-corrected chi connectivity index (χ3v) is 8.49. The summed E-state index contributed by atoms with van der Waals surface area (Å²) < 4.78 is 15.6. The molecule has 1 aliphatic heterocycles. The van der Waals surface area contributed by atoms with Gasteiger partial charge >= 0.3 is 0 Å². The number of amides is 1. The number of benzene rings is 3. The molecule has 1 amide bonds. The van der Waals surface area contributed by atoms with Crippen molar-refractivity contribution in [3.8, 4) is 10.6 Å². The molecule has 0 bridgehead atoms. The lowest BCUT2D eigenvalue weighted by molar-refractivity contribution is -0.120. The molecule has 176 valence electrons. The Bertz CT molecular complexity index is 1540. The van der Waals surface area contributed by atoms with Crippen molar-refractivity contribution in [2.75, 3.05) is 23.3 Å². The van der Waals surface area contributed by atoms with Crippen molar-refractivity contribution in [3.05, 3.63) is 72.0 Å². The van der Waals surface area contributed by atoms with Gasteiger partial charge in [0.05, 0.1) is 26.4 Å². The zero-order chi connectivity index (χ0) is 23.9. The molecule has 0 radical (unpaired) electrons. The Morgan fingerprint density at radius 3 is 2.63 bits per heavy atom. The highest BCUT2D eigenvalue weighted by molar-refractivity contribution is 7.22. The van der Waals surface area contributed by atoms with Crippen LogP contribution in [-0.2, 0) is 4.79 Å². The monoisotopic (exact) mass is 502 g/mol. The minimum atomic E-state index is -0.257. The van der Waals surface area contributed by atoms with E-state index in [0.717, 1.165) is 56.5 Å². The van der Waals surface area contributed by atoms with Crippen molar-refractivity contribution in [1.29, 1.82) is 0 Å². The molecule has 2 aromatic heterocycles. The van der Waals surface area contributed by atoms with Crippen LogP contribution in [0.5, 0.6) is 0 Å². The van der Waals surface area contributed by atoms with Crippen molar-refractivity contribution < 1.29 is 9.18 Å². The van der Waals surface area contributed by atoms with Crippen molar-refractivity contribution in [2.45, 2.75) is 19.8 Å². The van der Waals surface area contributed by atoms with E-state index in [0.29, 0.717) is 6.54 Å². The maximum Gasteiger partial charge on any atom is 0.229 e. The van der Waals surface area contributed by atoms with E-state index in [1.165, 1.54) is 33.7 Å². The van der Waals surface area contributed by atoms with E-state index in [1.807, 2.05) is 24.3 Å². The van der Waals surface area contributed by atoms with Crippen LogP contribution in [0.3, 0.4) is 0 Å². The number of hydrogen-bond donors (Lipinski definition) is 1. The quantitative estimate of drug-likeness (QED) is 0.291. The average molecular weight is 503 g/mol. The summed E-state index contributed by atoms with van der Waals surface area (Å²) in [4.78, 5) is 24.6. The Labute approximate surface area is 210 Å². The number of anilines is 2. The van der Waals surface area contributed by atoms with Crippen LogP contribution in [0.4, 0.5) is 15.2 Å². The lowest BCUT2D eigenvalue weighted by atomic mass is 9.97. The molecule has 1 atom stereocenters. The minimum absolute atomic E-state index is 0.0186. The second kappa shape index (κ2) is 9.02. The maximum absolute atomic E-state index is 13.6. The van der Waals surface area contributed by atoms with E-state index in [2.05, 4.69) is 40.3 Å². The number of rotatable bonds is 4. The number of hydrogen-bond acceptors (Lipinski definition) is 6. The third-order valence-electron chi connectivity index (χ3n) is 6.35. The Kier molecular flexibility index (Phi) is 5.70. The van der Waals surface area contributed by atoms with Crippen LogP contribution in [0.2, 0.25) is 0 Å². The van der Waals surface area contributed by atoms with Crippen molar-refractivity contribution >= 4 is 59.8 Å². The van der Waals surface area contributed by atoms with Gasteiger partial charge in [-0.25, -0.2) is 14.4 Å². The van der Waals surface area contributed by atoms with Crippen molar-refractivity contribution in [1.82, 2.24) is 9.97 Å². The van der Waals surface area contributed by atoms with E-state index >= 15 is 0 Å². The van der Waals surface area contributed by atoms with Gasteiger partial charge in [-0.1, -0.05) is 17.4 Å². The van der Waals surface area contributed by atoms with Crippen molar-refractivity contribution in [2.24, 2.45) is 5.92 Å². The van der Waals surface area contributed by atoms with Crippen LogP contribution in [0.15, 0.2) is 60.7 Å². The molecule has 3 heterocycles. The highest BCUT2D eigenvalue weighted by Crippen LogP contribution is 2.33.